The van der Waals surface area contributed by atoms with Crippen molar-refractivity contribution in [3.8, 4) is 32.6 Å². The number of amides is 8. The minimum absolute atomic E-state index is 0.0125. The van der Waals surface area contributed by atoms with E-state index in [-0.39, 0.29) is 29.2 Å². The molecule has 498 valence electrons. The van der Waals surface area contributed by atoms with Crippen molar-refractivity contribution in [3.63, 3.8) is 0 Å². The zero-order chi connectivity index (χ0) is 66.8. The van der Waals surface area contributed by atoms with Crippen LogP contribution in [0.25, 0.3) is 21.1 Å². The average Bonchev–Trinajstić information content (AvgIpc) is 1.74. The largest absolute Gasteiger partial charge is 0.504 e. The number of β-amino-alcohol motifs (C(OH)–C–C–N with tert-alkyl or cyclic N) is 1. The molecule has 4 aliphatic rings. The summed E-state index contributed by atoms with van der Waals surface area (Å²) in [5.74, 6) is -10.6. The number of fused-ring (bicyclic) bond motifs is 2. The molecular weight excluding hydrogens is 1250 g/mol. The maximum Gasteiger partial charge on any atom is 0.261 e. The van der Waals surface area contributed by atoms with E-state index in [1.165, 1.54) is 42.0 Å². The lowest BCUT2D eigenvalue weighted by atomic mass is 9.89. The average molecular weight is 1330 g/mol. The van der Waals surface area contributed by atoms with Crippen LogP contribution in [0.5, 0.6) is 11.5 Å². The number of aromatic hydroxyl groups is 1. The fraction of sp³-hybridized carbons (Fsp3) is 0.443. The van der Waals surface area contributed by atoms with E-state index in [1.807, 2.05) is 18.2 Å². The Morgan fingerprint density at radius 3 is 2.03 bits per heavy atom. The van der Waals surface area contributed by atoms with Gasteiger partial charge in [-0.05, 0) is 85.3 Å². The number of rotatable bonds is 17. The van der Waals surface area contributed by atoms with Crippen molar-refractivity contribution >= 4 is 76.6 Å². The molecule has 5 aromatic rings. The summed E-state index contributed by atoms with van der Waals surface area (Å²) in [4.78, 5) is 118. The second kappa shape index (κ2) is 31.0. The highest BCUT2D eigenvalue weighted by Crippen LogP contribution is 2.35. The van der Waals surface area contributed by atoms with Crippen molar-refractivity contribution in [2.75, 3.05) is 37.6 Å². The zero-order valence-corrected chi connectivity index (χ0v) is 51.9. The summed E-state index contributed by atoms with van der Waals surface area (Å²) in [6.45, 7) is 2.73. The van der Waals surface area contributed by atoms with Crippen LogP contribution in [0, 0.1) is 5.92 Å². The van der Waals surface area contributed by atoms with Gasteiger partial charge in [0.15, 0.2) is 11.5 Å². The number of anilines is 1. The van der Waals surface area contributed by atoms with Crippen molar-refractivity contribution in [3.05, 3.63) is 114 Å². The van der Waals surface area contributed by atoms with Crippen molar-refractivity contribution in [1.29, 1.82) is 0 Å². The molecule has 4 aromatic carbocycles. The molecule has 0 aliphatic carbocycles. The van der Waals surface area contributed by atoms with Gasteiger partial charge < -0.3 is 86.9 Å². The van der Waals surface area contributed by atoms with Crippen LogP contribution in [-0.2, 0) is 49.4 Å². The highest BCUT2D eigenvalue weighted by atomic mass is 32.2. The summed E-state index contributed by atoms with van der Waals surface area (Å²) in [5, 5.41) is 113. The summed E-state index contributed by atoms with van der Waals surface area (Å²) in [6, 6.07) is 16.6. The van der Waals surface area contributed by atoms with Crippen LogP contribution in [-0.4, -0.2) is 214 Å². The summed E-state index contributed by atoms with van der Waals surface area (Å²) < 4.78 is 9.31. The molecule has 30 nitrogen and oxygen atoms in total. The first kappa shape index (κ1) is 68.9. The van der Waals surface area contributed by atoms with E-state index < -0.39 is 177 Å². The topological polar surface area (TPSA) is 448 Å². The molecule has 9 rings (SSSR count). The van der Waals surface area contributed by atoms with Crippen LogP contribution >= 0.6 is 23.7 Å². The Balaban J connectivity index is 0.965. The Bertz CT molecular complexity index is 3470. The smallest absolute Gasteiger partial charge is 0.261 e. The van der Waals surface area contributed by atoms with Crippen molar-refractivity contribution in [2.45, 2.75) is 131 Å². The highest BCUT2D eigenvalue weighted by Gasteiger charge is 2.50. The van der Waals surface area contributed by atoms with Crippen molar-refractivity contribution in [1.82, 2.24) is 46.6 Å². The van der Waals surface area contributed by atoms with Gasteiger partial charge in [0.25, 0.3) is 18.2 Å². The summed E-state index contributed by atoms with van der Waals surface area (Å²) in [5.41, 5.74) is 9.43. The number of carbonyl (C=O) groups is 8. The first-order valence-corrected chi connectivity index (χ1v) is 31.4. The maximum atomic E-state index is 14.7. The molecule has 5 heterocycles. The van der Waals surface area contributed by atoms with Crippen molar-refractivity contribution in [2.24, 2.45) is 11.7 Å². The van der Waals surface area contributed by atoms with E-state index in [1.54, 1.807) is 12.1 Å². The number of hydrogen-bond donors (Lipinski definition) is 14. The maximum absolute atomic E-state index is 14.7. The molecule has 15 N–H and O–H groups in total. The number of carbonyl (C=O) groups excluding carboxylic acids is 8. The number of nitrogens with zero attached hydrogens (tertiary/aromatic N) is 5. The number of phenols is 1. The highest BCUT2D eigenvalue weighted by molar-refractivity contribution is 7.90. The molecule has 93 heavy (non-hydrogen) atoms. The van der Waals surface area contributed by atoms with Crippen LogP contribution < -0.4 is 41.4 Å². The van der Waals surface area contributed by atoms with Gasteiger partial charge in [-0.3, -0.25) is 38.4 Å². The lowest BCUT2D eigenvalue weighted by Crippen LogP contribution is -2.64. The predicted molar refractivity (Wildman–Crippen MR) is 331 cm³/mol. The first-order chi connectivity index (χ1) is 44.5. The standard InChI is InChI=1S/C61H73N11O19S2/c1-30-28-72-51(52(30)80)57(85)63-27-39(74)24-41(64-53(81)35-9-11-36(12-10-35)58-68-69-59(92-58)37-13-15-38(16-14-37)70-20-18-34(19-21-70)33-6-4-3-5-7-33)54(82)65-48(31(2)73)60(86)71-29-40(75)25-42(71)55(83)66-49(56(84)67-50(61(72)87)45(78)26-47(62)79)44(77)22-32-8-17-43(76)46(23-32)89-93-91-90-88/h3-17,23,30-31,34,39-42,44-45,48-52,73-78,80,88H,18-22,24-29H2,1-2H3,(H2,62,79)(H,63,85)(H,64,81)(H,65,82)(H,66,83)(H,67,84)/t30?,31?,39?,40?,41-,42?,44?,45?,48?,49?,50?,51?,52?/m0/s1. The number of piperidine rings is 1. The Labute approximate surface area is 540 Å². The fourth-order valence-corrected chi connectivity index (χ4v) is 13.0. The second-order valence-electron chi connectivity index (χ2n) is 23.5. The van der Waals surface area contributed by atoms with Gasteiger partial charge in [-0.2, -0.15) is 0 Å². The number of nitrogens with two attached hydrogens (primary N) is 1. The minimum Gasteiger partial charge on any atom is -0.504 e. The van der Waals surface area contributed by atoms with E-state index in [0.29, 0.717) is 21.5 Å². The van der Waals surface area contributed by atoms with E-state index in [2.05, 4.69) is 87.5 Å². The molecule has 0 bridgehead atoms. The SMILES string of the molecule is CC(O)C1NC(=O)[C@@H](NC(=O)c2ccc(-c3nnc(-c4ccc(N5CCC(c6ccccc6)CC5)cc4)s3)cc2)CC(O)CNC(=O)C2C(O)C(C)CN2C(=O)C(C(O)CC(N)=O)NC(=O)C(C(O)Cc2ccc(O)c(OSOOO)c2)NC(=O)C2CC(O)CN2C1=O. The molecule has 1 aromatic heterocycles. The van der Waals surface area contributed by atoms with Crippen LogP contribution in [0.15, 0.2) is 97.1 Å². The molecule has 4 aliphatic heterocycles. The summed E-state index contributed by atoms with van der Waals surface area (Å²) in [7, 11) is 0. The van der Waals surface area contributed by atoms with Gasteiger partial charge in [-0.25, -0.2) is 5.26 Å². The Kier molecular flexibility index (Phi) is 23.0. The third-order valence-electron chi connectivity index (χ3n) is 16.9. The number of aromatic nitrogens is 2. The lowest BCUT2D eigenvalue weighted by Gasteiger charge is -2.34. The lowest BCUT2D eigenvalue weighted by molar-refractivity contribution is -0.433. The van der Waals surface area contributed by atoms with Gasteiger partial charge in [0.1, 0.15) is 46.3 Å². The van der Waals surface area contributed by atoms with Crippen LogP contribution in [0.3, 0.4) is 0 Å². The molecular formula is C61H73N11O19S2. The van der Waals surface area contributed by atoms with Gasteiger partial charge >= 0.3 is 0 Å². The van der Waals surface area contributed by atoms with Crippen LogP contribution in [0.4, 0.5) is 5.69 Å². The van der Waals surface area contributed by atoms with Crippen molar-refractivity contribution < 1.29 is 92.9 Å². The number of hydrogen-bond acceptors (Lipinski definition) is 24. The van der Waals surface area contributed by atoms with Gasteiger partial charge in [0, 0.05) is 80.3 Å². The van der Waals surface area contributed by atoms with E-state index in [0.717, 1.165) is 66.0 Å². The first-order valence-electron chi connectivity index (χ1n) is 29.9. The Morgan fingerprint density at radius 1 is 0.753 bits per heavy atom. The number of primary amides is 1. The van der Waals surface area contributed by atoms with Gasteiger partial charge in [0.2, 0.25) is 41.4 Å². The molecule has 4 saturated heterocycles. The fourth-order valence-electron chi connectivity index (χ4n) is 11.9. The van der Waals surface area contributed by atoms with Gasteiger partial charge in [-0.15, -0.1) is 10.2 Å². The molecule has 12 unspecified atom stereocenters. The third-order valence-corrected chi connectivity index (χ3v) is 18.3. The number of nitrogens with one attached hydrogen (secondary N) is 5. The predicted octanol–water partition coefficient (Wildman–Crippen LogP) is -0.851. The Morgan fingerprint density at radius 2 is 1.39 bits per heavy atom. The molecule has 0 spiro atoms. The molecule has 0 radical (unpaired) electrons. The van der Waals surface area contributed by atoms with Crippen LogP contribution in [0.1, 0.15) is 73.4 Å². The number of aliphatic hydroxyl groups excluding tert-OH is 6. The normalized spacial score (nSPS) is 25.7. The van der Waals surface area contributed by atoms with Gasteiger partial charge in [-0.1, -0.05) is 76.2 Å². The molecule has 8 amide bonds. The zero-order valence-electron chi connectivity index (χ0n) is 50.3. The molecule has 13 atom stereocenters. The minimum atomic E-state index is -2.22. The molecule has 4 fully saturated rings. The second-order valence-corrected chi connectivity index (χ2v) is 24.9. The molecule has 32 heteroatoms. The third kappa shape index (κ3) is 16.9. The van der Waals surface area contributed by atoms with E-state index >= 15 is 0 Å². The number of benzene rings is 4. The number of phenolic OH excluding ortho intramolecular Hbond substituents is 1. The monoisotopic (exact) mass is 1330 g/mol. The van der Waals surface area contributed by atoms with Crippen LogP contribution in [0.2, 0.25) is 0 Å². The van der Waals surface area contributed by atoms with E-state index in [4.69, 9.17) is 15.2 Å². The Hall–Kier alpha value is -8.41. The summed E-state index contributed by atoms with van der Waals surface area (Å²) in [6.07, 6.45) is -11.5. The van der Waals surface area contributed by atoms with Gasteiger partial charge in [0.05, 0.1) is 43.0 Å². The molecule has 0 saturated carbocycles. The summed E-state index contributed by atoms with van der Waals surface area (Å²) >= 11 is 1.38. The number of aliphatic hydroxyl groups is 6. The quantitative estimate of drug-likeness (QED) is 0.0233. The van der Waals surface area contributed by atoms with E-state index in [9.17, 15) is 74.1 Å².